The van der Waals surface area contributed by atoms with Crippen LogP contribution in [0.2, 0.25) is 0 Å². The number of benzene rings is 1. The van der Waals surface area contributed by atoms with E-state index in [1.165, 1.54) is 16.9 Å². The Hall–Kier alpha value is -3.04. The Morgan fingerprint density at radius 1 is 1.27 bits per heavy atom. The monoisotopic (exact) mass is 366 g/mol. The van der Waals surface area contributed by atoms with E-state index in [1.807, 2.05) is 0 Å². The molecule has 1 amide bonds. The van der Waals surface area contributed by atoms with Gasteiger partial charge in [-0.3, -0.25) is 4.79 Å². The van der Waals surface area contributed by atoms with Crippen LogP contribution in [0.25, 0.3) is 0 Å². The SMILES string of the molecule is O=C(O)c1cn(CC(=O)N2CCC(Oc3ccc(F)cc3F)CC2)nn1. The van der Waals surface area contributed by atoms with Crippen LogP contribution in [-0.2, 0) is 11.3 Å². The number of piperidine rings is 1. The van der Waals surface area contributed by atoms with E-state index in [1.54, 1.807) is 4.90 Å². The van der Waals surface area contributed by atoms with Gasteiger partial charge < -0.3 is 14.7 Å². The summed E-state index contributed by atoms with van der Waals surface area (Å²) in [4.78, 5) is 24.6. The number of aromatic nitrogens is 3. The van der Waals surface area contributed by atoms with Gasteiger partial charge in [-0.2, -0.15) is 0 Å². The molecule has 2 aromatic rings. The van der Waals surface area contributed by atoms with Gasteiger partial charge in [0.1, 0.15) is 18.5 Å². The molecule has 0 atom stereocenters. The van der Waals surface area contributed by atoms with Crippen LogP contribution in [0.15, 0.2) is 24.4 Å². The topological polar surface area (TPSA) is 97.5 Å². The minimum Gasteiger partial charge on any atom is -0.487 e. The first-order chi connectivity index (χ1) is 12.4. The van der Waals surface area contributed by atoms with E-state index in [0.29, 0.717) is 25.9 Å². The highest BCUT2D eigenvalue weighted by Crippen LogP contribution is 2.23. The number of amides is 1. The van der Waals surface area contributed by atoms with E-state index in [4.69, 9.17) is 9.84 Å². The van der Waals surface area contributed by atoms with Crippen molar-refractivity contribution in [2.45, 2.75) is 25.5 Å². The molecule has 1 N–H and O–H groups in total. The molecule has 1 aliphatic heterocycles. The number of carboxylic acids is 1. The molecule has 1 aliphatic rings. The molecule has 0 aliphatic carbocycles. The molecule has 1 aromatic heterocycles. The predicted octanol–water partition coefficient (Wildman–Crippen LogP) is 1.32. The van der Waals surface area contributed by atoms with Crippen LogP contribution >= 0.6 is 0 Å². The lowest BCUT2D eigenvalue weighted by atomic mass is 10.1. The Morgan fingerprint density at radius 2 is 2.00 bits per heavy atom. The Bertz CT molecular complexity index is 818. The number of likely N-dealkylation sites (tertiary alicyclic amines) is 1. The Morgan fingerprint density at radius 3 is 2.62 bits per heavy atom. The van der Waals surface area contributed by atoms with Crippen molar-refractivity contribution in [2.24, 2.45) is 0 Å². The highest BCUT2D eigenvalue weighted by Gasteiger charge is 2.25. The second-order valence-corrected chi connectivity index (χ2v) is 5.88. The van der Waals surface area contributed by atoms with Crippen LogP contribution in [0.3, 0.4) is 0 Å². The third kappa shape index (κ3) is 4.13. The van der Waals surface area contributed by atoms with Crippen molar-refractivity contribution in [1.82, 2.24) is 19.9 Å². The number of nitrogens with zero attached hydrogens (tertiary/aromatic N) is 4. The number of hydrogen-bond donors (Lipinski definition) is 1. The van der Waals surface area contributed by atoms with Gasteiger partial charge in [0.05, 0.1) is 6.20 Å². The molecule has 26 heavy (non-hydrogen) atoms. The van der Waals surface area contributed by atoms with Gasteiger partial charge in [0.15, 0.2) is 17.3 Å². The quantitative estimate of drug-likeness (QED) is 0.857. The first-order valence-corrected chi connectivity index (χ1v) is 7.95. The summed E-state index contributed by atoms with van der Waals surface area (Å²) in [6.45, 7) is 0.706. The molecule has 0 saturated carbocycles. The lowest BCUT2D eigenvalue weighted by Gasteiger charge is -2.32. The average molecular weight is 366 g/mol. The fourth-order valence-corrected chi connectivity index (χ4v) is 2.69. The number of aromatic carboxylic acids is 1. The summed E-state index contributed by atoms with van der Waals surface area (Å²) in [5, 5.41) is 15.8. The molecule has 1 saturated heterocycles. The largest absolute Gasteiger partial charge is 0.487 e. The maximum atomic E-state index is 13.6. The van der Waals surface area contributed by atoms with Gasteiger partial charge in [0, 0.05) is 32.0 Å². The van der Waals surface area contributed by atoms with Crippen molar-refractivity contribution in [3.63, 3.8) is 0 Å². The molecule has 1 aromatic carbocycles. The van der Waals surface area contributed by atoms with Crippen LogP contribution in [0.5, 0.6) is 5.75 Å². The summed E-state index contributed by atoms with van der Waals surface area (Å²) in [5.74, 6) is -2.88. The molecule has 0 unspecified atom stereocenters. The fourth-order valence-electron chi connectivity index (χ4n) is 2.69. The van der Waals surface area contributed by atoms with Crippen molar-refractivity contribution < 1.29 is 28.2 Å². The molecule has 0 bridgehead atoms. The van der Waals surface area contributed by atoms with Crippen LogP contribution in [0, 0.1) is 11.6 Å². The van der Waals surface area contributed by atoms with Crippen molar-refractivity contribution >= 4 is 11.9 Å². The summed E-state index contributed by atoms with van der Waals surface area (Å²) in [5.41, 5.74) is -0.230. The van der Waals surface area contributed by atoms with Crippen molar-refractivity contribution in [2.75, 3.05) is 13.1 Å². The standard InChI is InChI=1S/C16H16F2N4O4/c17-10-1-2-14(12(18)7-10)26-11-3-5-21(6-4-11)15(23)9-22-8-13(16(24)25)19-20-22/h1-2,7-8,11H,3-6,9H2,(H,24,25). The van der Waals surface area contributed by atoms with E-state index in [-0.39, 0.29) is 30.0 Å². The first-order valence-electron chi connectivity index (χ1n) is 7.95. The number of hydrogen-bond acceptors (Lipinski definition) is 5. The number of rotatable bonds is 5. The molecule has 3 rings (SSSR count). The lowest BCUT2D eigenvalue weighted by molar-refractivity contribution is -0.133. The number of carbonyl (C=O) groups excluding carboxylic acids is 1. The zero-order valence-corrected chi connectivity index (χ0v) is 13.6. The van der Waals surface area contributed by atoms with Gasteiger partial charge in [-0.1, -0.05) is 5.21 Å². The normalized spacial score (nSPS) is 15.1. The lowest BCUT2D eigenvalue weighted by Crippen LogP contribution is -2.43. The Labute approximate surface area is 147 Å². The van der Waals surface area contributed by atoms with E-state index in [2.05, 4.69) is 10.3 Å². The van der Waals surface area contributed by atoms with Crippen molar-refractivity contribution in [3.8, 4) is 5.75 Å². The fraction of sp³-hybridized carbons (Fsp3) is 0.375. The number of carboxylic acid groups (broad SMARTS) is 1. The highest BCUT2D eigenvalue weighted by atomic mass is 19.1. The third-order valence-electron chi connectivity index (χ3n) is 4.04. The van der Waals surface area contributed by atoms with E-state index < -0.39 is 17.6 Å². The van der Waals surface area contributed by atoms with Gasteiger partial charge >= 0.3 is 5.97 Å². The Kier molecular flexibility index (Phi) is 5.10. The molecule has 138 valence electrons. The van der Waals surface area contributed by atoms with Crippen LogP contribution in [0.4, 0.5) is 8.78 Å². The van der Waals surface area contributed by atoms with E-state index in [0.717, 1.165) is 12.1 Å². The number of ether oxygens (including phenoxy) is 1. The smallest absolute Gasteiger partial charge is 0.358 e. The van der Waals surface area contributed by atoms with Crippen LogP contribution in [-0.4, -0.2) is 56.1 Å². The summed E-state index contributed by atoms with van der Waals surface area (Å²) < 4.78 is 33.2. The van der Waals surface area contributed by atoms with E-state index >= 15 is 0 Å². The molecule has 0 radical (unpaired) electrons. The zero-order valence-electron chi connectivity index (χ0n) is 13.6. The van der Waals surface area contributed by atoms with E-state index in [9.17, 15) is 18.4 Å². The number of carbonyl (C=O) groups is 2. The Balaban J connectivity index is 1.51. The van der Waals surface area contributed by atoms with Gasteiger partial charge in [-0.25, -0.2) is 18.3 Å². The highest BCUT2D eigenvalue weighted by molar-refractivity contribution is 5.84. The summed E-state index contributed by atoms with van der Waals surface area (Å²) >= 11 is 0. The average Bonchev–Trinajstić information content (AvgIpc) is 3.07. The van der Waals surface area contributed by atoms with Gasteiger partial charge in [0.2, 0.25) is 5.91 Å². The maximum Gasteiger partial charge on any atom is 0.358 e. The minimum atomic E-state index is -1.21. The maximum absolute atomic E-state index is 13.6. The minimum absolute atomic E-state index is 0.0139. The van der Waals surface area contributed by atoms with Gasteiger partial charge in [-0.15, -0.1) is 5.10 Å². The summed E-state index contributed by atoms with van der Waals surface area (Å²) in [6, 6.07) is 3.13. The predicted molar refractivity (Wildman–Crippen MR) is 83.6 cm³/mol. The van der Waals surface area contributed by atoms with Crippen molar-refractivity contribution in [3.05, 3.63) is 41.7 Å². The summed E-state index contributed by atoms with van der Waals surface area (Å²) in [7, 11) is 0. The molecule has 10 heteroatoms. The summed E-state index contributed by atoms with van der Waals surface area (Å²) in [6.07, 6.45) is 1.91. The zero-order chi connectivity index (χ0) is 18.7. The molecule has 1 fully saturated rings. The van der Waals surface area contributed by atoms with Gasteiger partial charge in [0.25, 0.3) is 0 Å². The first kappa shape index (κ1) is 17.8. The van der Waals surface area contributed by atoms with Gasteiger partial charge in [-0.05, 0) is 12.1 Å². The van der Waals surface area contributed by atoms with Crippen LogP contribution in [0.1, 0.15) is 23.3 Å². The van der Waals surface area contributed by atoms with Crippen molar-refractivity contribution in [1.29, 1.82) is 0 Å². The molecular weight excluding hydrogens is 350 g/mol. The molecule has 2 heterocycles. The van der Waals surface area contributed by atoms with Crippen LogP contribution < -0.4 is 4.74 Å². The molecular formula is C16H16F2N4O4. The second kappa shape index (κ2) is 7.46. The second-order valence-electron chi connectivity index (χ2n) is 5.88. The third-order valence-corrected chi connectivity index (χ3v) is 4.04. The molecule has 0 spiro atoms. The number of halogens is 2. The molecule has 8 nitrogen and oxygen atoms in total.